The minimum Gasteiger partial charge on any atom is -0.462 e. The van der Waals surface area contributed by atoms with Crippen LogP contribution in [0, 0.1) is 5.41 Å². The lowest BCUT2D eigenvalue weighted by Crippen LogP contribution is -2.44. The Morgan fingerprint density at radius 2 is 1.73 bits per heavy atom. The number of fused-ring (bicyclic) bond motifs is 2. The minimum absolute atomic E-state index is 0.0763. The molecule has 1 spiro atoms. The second kappa shape index (κ2) is 12.2. The molecule has 0 bridgehead atoms. The normalized spacial score (nSPS) is 25.8. The molecular formula is C34H35NO10. The van der Waals surface area contributed by atoms with Crippen molar-refractivity contribution < 1.29 is 48.0 Å². The Kier molecular flexibility index (Phi) is 8.34. The Hall–Kier alpha value is -4.32. The van der Waals surface area contributed by atoms with E-state index in [1.54, 1.807) is 44.2 Å². The molecule has 11 nitrogen and oxygen atoms in total. The summed E-state index contributed by atoms with van der Waals surface area (Å²) in [5.41, 5.74) is 2.51. The van der Waals surface area contributed by atoms with Crippen LogP contribution in [0.2, 0.25) is 0 Å². The van der Waals surface area contributed by atoms with Gasteiger partial charge in [-0.1, -0.05) is 56.3 Å². The first-order valence-electron chi connectivity index (χ1n) is 14.9. The third-order valence-electron chi connectivity index (χ3n) is 8.49. The predicted molar refractivity (Wildman–Crippen MR) is 158 cm³/mol. The van der Waals surface area contributed by atoms with Crippen molar-refractivity contribution in [3.05, 3.63) is 88.5 Å². The fourth-order valence-corrected chi connectivity index (χ4v) is 6.22. The van der Waals surface area contributed by atoms with E-state index in [2.05, 4.69) is 5.32 Å². The Labute approximate surface area is 260 Å². The van der Waals surface area contributed by atoms with Crippen molar-refractivity contribution in [1.29, 1.82) is 0 Å². The molecule has 4 atom stereocenters. The molecule has 236 valence electrons. The van der Waals surface area contributed by atoms with Crippen LogP contribution in [0.3, 0.4) is 0 Å². The summed E-state index contributed by atoms with van der Waals surface area (Å²) in [7, 11) is 0. The first-order valence-corrected chi connectivity index (χ1v) is 14.9. The predicted octanol–water partition coefficient (Wildman–Crippen LogP) is 2.44. The number of aliphatic hydroxyl groups is 1. The van der Waals surface area contributed by atoms with E-state index in [1.165, 1.54) is 6.08 Å². The number of aliphatic hydroxyl groups excluding tert-OH is 1. The van der Waals surface area contributed by atoms with Gasteiger partial charge >= 0.3 is 17.9 Å². The molecule has 0 radical (unpaired) electrons. The van der Waals surface area contributed by atoms with Crippen LogP contribution in [-0.4, -0.2) is 78.9 Å². The van der Waals surface area contributed by atoms with Crippen LogP contribution in [0.5, 0.6) is 0 Å². The van der Waals surface area contributed by atoms with Crippen LogP contribution >= 0.6 is 0 Å². The van der Waals surface area contributed by atoms with Crippen molar-refractivity contribution in [2.24, 2.45) is 5.41 Å². The Bertz CT molecular complexity index is 1550. The van der Waals surface area contributed by atoms with E-state index in [0.29, 0.717) is 24.0 Å². The van der Waals surface area contributed by atoms with Crippen LogP contribution in [0.15, 0.2) is 66.3 Å². The molecule has 6 rings (SSSR count). The van der Waals surface area contributed by atoms with E-state index in [9.17, 15) is 24.3 Å². The number of ether oxygens (including phenoxy) is 5. The van der Waals surface area contributed by atoms with Crippen molar-refractivity contribution in [2.75, 3.05) is 19.8 Å². The fourth-order valence-electron chi connectivity index (χ4n) is 6.22. The maximum Gasteiger partial charge on any atom is 0.348 e. The molecule has 45 heavy (non-hydrogen) atoms. The monoisotopic (exact) mass is 617 g/mol. The van der Waals surface area contributed by atoms with Crippen molar-refractivity contribution in [2.45, 2.75) is 63.3 Å². The zero-order valence-corrected chi connectivity index (χ0v) is 25.0. The molecule has 2 aromatic rings. The number of cyclic esters (lactones) is 1. The van der Waals surface area contributed by atoms with E-state index in [-0.39, 0.29) is 37.6 Å². The topological polar surface area (TPSA) is 147 Å². The molecule has 2 fully saturated rings. The number of hydrogen-bond donors (Lipinski definition) is 2. The second-order valence-corrected chi connectivity index (χ2v) is 12.4. The number of carbonyl (C=O) groups excluding carboxylic acids is 4. The molecule has 2 heterocycles. The highest BCUT2D eigenvalue weighted by molar-refractivity contribution is 5.97. The summed E-state index contributed by atoms with van der Waals surface area (Å²) in [4.78, 5) is 51.2. The minimum atomic E-state index is -1.03. The molecule has 2 aliphatic heterocycles. The third-order valence-corrected chi connectivity index (χ3v) is 8.49. The molecule has 4 unspecified atom stereocenters. The third kappa shape index (κ3) is 6.28. The Balaban J connectivity index is 1.20. The smallest absolute Gasteiger partial charge is 0.348 e. The maximum atomic E-state index is 13.6. The number of amides is 1. The van der Waals surface area contributed by atoms with Gasteiger partial charge in [-0.25, -0.2) is 14.4 Å². The van der Waals surface area contributed by atoms with Gasteiger partial charge in [0, 0.05) is 42.9 Å². The second-order valence-electron chi connectivity index (χ2n) is 12.4. The van der Waals surface area contributed by atoms with E-state index >= 15 is 0 Å². The molecule has 2 N–H and O–H groups in total. The van der Waals surface area contributed by atoms with Gasteiger partial charge in [0.2, 0.25) is 12.0 Å². The van der Waals surface area contributed by atoms with Crippen LogP contribution in [0.25, 0.3) is 6.08 Å². The summed E-state index contributed by atoms with van der Waals surface area (Å²) in [5.74, 6) is -3.37. The van der Waals surface area contributed by atoms with Gasteiger partial charge < -0.3 is 34.1 Å². The Morgan fingerprint density at radius 3 is 2.42 bits per heavy atom. The SMILES string of the molecule is CC1(C)COC(=O)C1OC(=O)C=Cc1ccccc1C(=O)OC1CC(C(=O)NCCO)=CC2OC3(Cc4ccccc4C3)OC21. The van der Waals surface area contributed by atoms with Crippen LogP contribution in [-0.2, 0) is 50.9 Å². The molecule has 2 aliphatic carbocycles. The number of benzene rings is 2. The average Bonchev–Trinajstić information content (AvgIpc) is 3.66. The van der Waals surface area contributed by atoms with Crippen LogP contribution in [0.4, 0.5) is 0 Å². The highest BCUT2D eigenvalue weighted by atomic mass is 16.8. The average molecular weight is 618 g/mol. The lowest BCUT2D eigenvalue weighted by atomic mass is 9.90. The largest absolute Gasteiger partial charge is 0.462 e. The van der Waals surface area contributed by atoms with Crippen molar-refractivity contribution in [1.82, 2.24) is 5.32 Å². The first kappa shape index (κ1) is 30.7. The Morgan fingerprint density at radius 1 is 1.02 bits per heavy atom. The highest BCUT2D eigenvalue weighted by Gasteiger charge is 2.55. The zero-order valence-electron chi connectivity index (χ0n) is 25.0. The van der Waals surface area contributed by atoms with Gasteiger partial charge in [0.25, 0.3) is 0 Å². The molecule has 1 amide bonds. The summed E-state index contributed by atoms with van der Waals surface area (Å²) in [6, 6.07) is 14.6. The quantitative estimate of drug-likeness (QED) is 0.257. The molecular weight excluding hydrogens is 582 g/mol. The number of nitrogens with one attached hydrogen (secondary N) is 1. The first-order chi connectivity index (χ1) is 21.6. The standard InChI is InChI=1S/C34H35NO10/c1-33(2)19-41-32(40)29(33)43-27(37)12-11-20-7-5-6-10-24(20)31(39)42-25-15-23(30(38)35-13-14-36)16-26-28(25)45-34(44-26)17-21-8-3-4-9-22(21)18-34/h3-12,16,25-26,28-29,36H,13-15,17-19H2,1-2H3,(H,35,38). The number of esters is 3. The number of hydrogen-bond acceptors (Lipinski definition) is 10. The molecule has 2 aromatic carbocycles. The van der Waals surface area contributed by atoms with Crippen molar-refractivity contribution >= 4 is 29.9 Å². The summed E-state index contributed by atoms with van der Waals surface area (Å²) >= 11 is 0. The zero-order chi connectivity index (χ0) is 31.8. The maximum absolute atomic E-state index is 13.6. The van der Waals surface area contributed by atoms with Gasteiger partial charge in [0.15, 0.2) is 5.79 Å². The lowest BCUT2D eigenvalue weighted by Gasteiger charge is -2.30. The van der Waals surface area contributed by atoms with E-state index < -0.39 is 53.5 Å². The summed E-state index contributed by atoms with van der Waals surface area (Å²) < 4.78 is 29.4. The molecule has 0 saturated carbocycles. The van der Waals surface area contributed by atoms with Crippen LogP contribution < -0.4 is 5.32 Å². The van der Waals surface area contributed by atoms with Crippen LogP contribution in [0.1, 0.15) is 47.3 Å². The highest BCUT2D eigenvalue weighted by Crippen LogP contribution is 2.45. The van der Waals surface area contributed by atoms with Crippen molar-refractivity contribution in [3.8, 4) is 0 Å². The van der Waals surface area contributed by atoms with Gasteiger partial charge in [0.1, 0.15) is 24.9 Å². The molecule has 4 aliphatic rings. The molecule has 2 saturated heterocycles. The van der Waals surface area contributed by atoms with Gasteiger partial charge in [-0.3, -0.25) is 4.79 Å². The summed E-state index contributed by atoms with van der Waals surface area (Å²) in [6.45, 7) is 3.54. The number of carbonyl (C=O) groups is 4. The molecule has 11 heteroatoms. The van der Waals surface area contributed by atoms with Gasteiger partial charge in [-0.15, -0.1) is 0 Å². The van der Waals surface area contributed by atoms with E-state index in [4.69, 9.17) is 23.7 Å². The van der Waals surface area contributed by atoms with E-state index in [0.717, 1.165) is 17.2 Å². The fraction of sp³-hybridized carbons (Fsp3) is 0.412. The summed E-state index contributed by atoms with van der Waals surface area (Å²) in [6.07, 6.45) is 2.21. The van der Waals surface area contributed by atoms with E-state index in [1.807, 2.05) is 24.3 Å². The molecule has 0 aromatic heterocycles. The van der Waals surface area contributed by atoms with Gasteiger partial charge in [0.05, 0.1) is 12.2 Å². The van der Waals surface area contributed by atoms with Crippen molar-refractivity contribution in [3.63, 3.8) is 0 Å². The summed E-state index contributed by atoms with van der Waals surface area (Å²) in [5, 5.41) is 11.8. The lowest BCUT2D eigenvalue weighted by molar-refractivity contribution is -0.172. The van der Waals surface area contributed by atoms with Gasteiger partial charge in [-0.05, 0) is 34.9 Å². The number of rotatable bonds is 8. The van der Waals surface area contributed by atoms with Gasteiger partial charge in [-0.2, -0.15) is 0 Å².